The van der Waals surface area contributed by atoms with E-state index < -0.39 is 39.5 Å². The van der Waals surface area contributed by atoms with E-state index in [1.165, 1.54) is 43.5 Å². The number of hydrogen-bond donors (Lipinski definition) is 3. The van der Waals surface area contributed by atoms with E-state index in [-0.39, 0.29) is 16.8 Å². The largest absolute Gasteiger partial charge is 0.357 e. The van der Waals surface area contributed by atoms with Gasteiger partial charge in [0.1, 0.15) is 6.04 Å². The van der Waals surface area contributed by atoms with E-state index in [0.717, 1.165) is 17.5 Å². The van der Waals surface area contributed by atoms with Crippen LogP contribution in [-0.4, -0.2) is 27.3 Å². The van der Waals surface area contributed by atoms with Gasteiger partial charge in [-0.25, -0.2) is 17.2 Å². The lowest BCUT2D eigenvalue weighted by atomic mass is 10.0. The molecule has 0 heterocycles. The quantitative estimate of drug-likeness (QED) is 0.454. The van der Waals surface area contributed by atoms with Crippen LogP contribution >= 0.6 is 0 Å². The highest BCUT2D eigenvalue weighted by atomic mass is 32.2. The molecule has 3 N–H and O–H groups in total. The summed E-state index contributed by atoms with van der Waals surface area (Å²) in [6.07, 6.45) is 1.45. The molecule has 0 bridgehead atoms. The Balaban J connectivity index is 1.71. The Labute approximate surface area is 195 Å². The summed E-state index contributed by atoms with van der Waals surface area (Å²) in [6.45, 7) is 0. The van der Waals surface area contributed by atoms with E-state index in [1.54, 1.807) is 24.3 Å². The second-order valence-electron chi connectivity index (χ2n) is 7.13. The molecule has 10 heteroatoms. The number of halogens is 2. The van der Waals surface area contributed by atoms with Crippen molar-refractivity contribution in [1.29, 1.82) is 0 Å². The molecule has 1 unspecified atom stereocenters. The minimum atomic E-state index is -3.79. The number of rotatable bonds is 8. The fourth-order valence-corrected chi connectivity index (χ4v) is 3.84. The van der Waals surface area contributed by atoms with Crippen LogP contribution in [0.3, 0.4) is 0 Å². The number of sulfonamides is 1. The zero-order valence-electron chi connectivity index (χ0n) is 18.0. The lowest BCUT2D eigenvalue weighted by Crippen LogP contribution is -2.39. The zero-order valence-corrected chi connectivity index (χ0v) is 18.8. The second-order valence-corrected chi connectivity index (χ2v) is 8.70. The first-order chi connectivity index (χ1) is 16.2. The normalized spacial score (nSPS) is 12.2. The summed E-state index contributed by atoms with van der Waals surface area (Å²) in [6, 6.07) is 16.0. The molecule has 0 aliphatic rings. The third-order valence-electron chi connectivity index (χ3n) is 4.71. The van der Waals surface area contributed by atoms with Gasteiger partial charge in [-0.1, -0.05) is 36.4 Å². The molecule has 3 rings (SSSR count). The number of likely N-dealkylation sites (N-methyl/N-ethyl adjacent to an activating group) is 1. The predicted octanol–water partition coefficient (Wildman–Crippen LogP) is 3.59. The number of anilines is 1. The molecule has 0 aliphatic carbocycles. The van der Waals surface area contributed by atoms with Crippen LogP contribution in [0.2, 0.25) is 0 Å². The minimum absolute atomic E-state index is 0.0567. The van der Waals surface area contributed by atoms with Crippen molar-refractivity contribution in [3.05, 3.63) is 107 Å². The van der Waals surface area contributed by atoms with Crippen LogP contribution in [0.15, 0.2) is 78.2 Å². The topological polar surface area (TPSA) is 104 Å². The van der Waals surface area contributed by atoms with Crippen molar-refractivity contribution in [2.45, 2.75) is 6.04 Å². The Morgan fingerprint density at radius 2 is 1.59 bits per heavy atom. The average molecular weight is 486 g/mol. The monoisotopic (exact) mass is 485 g/mol. The Morgan fingerprint density at radius 3 is 2.21 bits per heavy atom. The lowest BCUT2D eigenvalue weighted by molar-refractivity contribution is -0.122. The average Bonchev–Trinajstić information content (AvgIpc) is 2.83. The van der Waals surface area contributed by atoms with Crippen molar-refractivity contribution < 1.29 is 26.8 Å². The van der Waals surface area contributed by atoms with Gasteiger partial charge in [0, 0.05) is 18.3 Å². The second kappa shape index (κ2) is 10.7. The predicted molar refractivity (Wildman–Crippen MR) is 125 cm³/mol. The third kappa shape index (κ3) is 6.48. The van der Waals surface area contributed by atoms with Crippen molar-refractivity contribution in [1.82, 2.24) is 10.6 Å². The summed E-state index contributed by atoms with van der Waals surface area (Å²) in [4.78, 5) is 24.9. The van der Waals surface area contributed by atoms with Crippen molar-refractivity contribution in [3.63, 3.8) is 0 Å². The maximum absolute atomic E-state index is 13.6. The molecular formula is C24H21F2N3O4S. The van der Waals surface area contributed by atoms with Crippen molar-refractivity contribution in [2.24, 2.45) is 0 Å². The number of nitrogens with one attached hydrogen (secondary N) is 3. The summed E-state index contributed by atoms with van der Waals surface area (Å²) < 4.78 is 53.8. The van der Waals surface area contributed by atoms with Gasteiger partial charge in [-0.15, -0.1) is 0 Å². The SMILES string of the molecule is CNC(=O)C(NC(=O)c1ccc(NS(=O)(=O)/C=C/c2ccccc2)cc1)c1ccc(F)c(F)c1. The maximum atomic E-state index is 13.6. The molecule has 0 saturated carbocycles. The fourth-order valence-electron chi connectivity index (χ4n) is 2.97. The van der Waals surface area contributed by atoms with E-state index in [9.17, 15) is 26.8 Å². The molecule has 0 saturated heterocycles. The number of amides is 2. The molecule has 2 amide bonds. The molecule has 3 aromatic carbocycles. The first kappa shape index (κ1) is 24.6. The molecule has 0 aliphatic heterocycles. The first-order valence-corrected chi connectivity index (χ1v) is 11.6. The van der Waals surface area contributed by atoms with Crippen LogP contribution < -0.4 is 15.4 Å². The molecule has 34 heavy (non-hydrogen) atoms. The van der Waals surface area contributed by atoms with Crippen molar-refractivity contribution >= 4 is 33.6 Å². The molecule has 0 aromatic heterocycles. The Hall–Kier alpha value is -4.05. The van der Waals surface area contributed by atoms with E-state index >= 15 is 0 Å². The highest BCUT2D eigenvalue weighted by Crippen LogP contribution is 2.19. The van der Waals surface area contributed by atoms with Crippen LogP contribution in [0.1, 0.15) is 27.5 Å². The van der Waals surface area contributed by atoms with Gasteiger partial charge in [-0.05, 0) is 53.6 Å². The van der Waals surface area contributed by atoms with Crippen LogP contribution in [0.4, 0.5) is 14.5 Å². The van der Waals surface area contributed by atoms with Gasteiger partial charge in [0.25, 0.3) is 15.9 Å². The van der Waals surface area contributed by atoms with Gasteiger partial charge in [-0.2, -0.15) is 0 Å². The molecule has 0 radical (unpaired) electrons. The molecule has 1 atom stereocenters. The van der Waals surface area contributed by atoms with Crippen molar-refractivity contribution in [3.8, 4) is 0 Å². The Bertz CT molecular complexity index is 1310. The van der Waals surface area contributed by atoms with Gasteiger partial charge in [0.2, 0.25) is 5.91 Å². The van der Waals surface area contributed by atoms with Crippen LogP contribution in [0, 0.1) is 11.6 Å². The van der Waals surface area contributed by atoms with Crippen molar-refractivity contribution in [2.75, 3.05) is 11.8 Å². The van der Waals surface area contributed by atoms with Gasteiger partial charge in [0.05, 0.1) is 5.41 Å². The minimum Gasteiger partial charge on any atom is -0.357 e. The van der Waals surface area contributed by atoms with Gasteiger partial charge in [0.15, 0.2) is 11.6 Å². The Kier molecular flexibility index (Phi) is 7.75. The number of carbonyl (C=O) groups is 2. The summed E-state index contributed by atoms with van der Waals surface area (Å²) in [5, 5.41) is 5.85. The van der Waals surface area contributed by atoms with E-state index in [0.29, 0.717) is 5.56 Å². The summed E-state index contributed by atoms with van der Waals surface area (Å²) in [7, 11) is -2.45. The standard InChI is InChI=1S/C24H21F2N3O4S/c1-27-24(31)22(18-9-12-20(25)21(26)15-18)28-23(30)17-7-10-19(11-8-17)29-34(32,33)14-13-16-5-3-2-4-6-16/h2-15,22,29H,1H3,(H,27,31)(H,28,30)/b14-13+. The van der Waals surface area contributed by atoms with Crippen LogP contribution in [-0.2, 0) is 14.8 Å². The molecule has 3 aromatic rings. The fraction of sp³-hybridized carbons (Fsp3) is 0.0833. The summed E-state index contributed by atoms with van der Waals surface area (Å²) in [5.74, 6) is -3.54. The lowest BCUT2D eigenvalue weighted by Gasteiger charge is -2.18. The molecule has 0 fully saturated rings. The number of hydrogen-bond acceptors (Lipinski definition) is 4. The summed E-state index contributed by atoms with van der Waals surface area (Å²) >= 11 is 0. The highest BCUT2D eigenvalue weighted by Gasteiger charge is 2.23. The molecule has 7 nitrogen and oxygen atoms in total. The molecule has 0 spiro atoms. The zero-order chi connectivity index (χ0) is 24.7. The smallest absolute Gasteiger partial charge is 0.255 e. The third-order valence-corrected chi connectivity index (χ3v) is 5.72. The number of benzene rings is 3. The van der Waals surface area contributed by atoms with Gasteiger partial charge in [-0.3, -0.25) is 14.3 Å². The summed E-state index contributed by atoms with van der Waals surface area (Å²) in [5.41, 5.74) is 1.12. The molecular weight excluding hydrogens is 464 g/mol. The van der Waals surface area contributed by atoms with E-state index in [2.05, 4.69) is 15.4 Å². The van der Waals surface area contributed by atoms with Crippen LogP contribution in [0.5, 0.6) is 0 Å². The number of carbonyl (C=O) groups excluding carboxylic acids is 2. The van der Waals surface area contributed by atoms with E-state index in [4.69, 9.17) is 0 Å². The first-order valence-electron chi connectivity index (χ1n) is 10.0. The van der Waals surface area contributed by atoms with E-state index in [1.807, 2.05) is 6.07 Å². The van der Waals surface area contributed by atoms with Gasteiger partial charge >= 0.3 is 0 Å². The van der Waals surface area contributed by atoms with Crippen LogP contribution in [0.25, 0.3) is 6.08 Å². The highest BCUT2D eigenvalue weighted by molar-refractivity contribution is 7.95. The molecule has 176 valence electrons. The Morgan fingerprint density at radius 1 is 0.912 bits per heavy atom. The van der Waals surface area contributed by atoms with Gasteiger partial charge < -0.3 is 10.6 Å². The maximum Gasteiger partial charge on any atom is 0.255 e.